The van der Waals surface area contributed by atoms with Crippen LogP contribution in [0.15, 0.2) is 48.2 Å². The Balaban J connectivity index is 0. The summed E-state index contributed by atoms with van der Waals surface area (Å²) in [7, 11) is 1.53. The summed E-state index contributed by atoms with van der Waals surface area (Å²) in [5, 5.41) is 10.6. The van der Waals surface area contributed by atoms with Gasteiger partial charge in [0, 0.05) is 23.0 Å². The molecule has 42 heavy (non-hydrogen) atoms. The molecule has 0 saturated heterocycles. The van der Waals surface area contributed by atoms with E-state index in [-0.39, 0.29) is 37.0 Å². The molecule has 0 unspecified atom stereocenters. The van der Waals surface area contributed by atoms with Gasteiger partial charge in [0.05, 0.1) is 24.0 Å². The number of nitrogens with zero attached hydrogens (tertiary/aromatic N) is 4. The Hall–Kier alpha value is -2.89. The number of halogens is 1. The molecule has 1 N–H and O–H groups in total. The molecule has 0 fully saturated rings. The molecular formula is C30H38ClN5O4SU. The van der Waals surface area contributed by atoms with Gasteiger partial charge in [0.1, 0.15) is 29.9 Å². The maximum atomic E-state index is 12.6. The van der Waals surface area contributed by atoms with Crippen LogP contribution < -0.4 is 10.1 Å². The fraction of sp³-hybridized carbons (Fsp3) is 0.333. The molecular weight excluding hydrogens is 800 g/mol. The third-order valence-corrected chi connectivity index (χ3v) is 5.37. The largest absolute Gasteiger partial charge is 2.00 e. The third-order valence-electron chi connectivity index (χ3n) is 4.62. The molecule has 1 aliphatic heterocycles. The Labute approximate surface area is 282 Å². The number of rotatable bonds is 6. The first-order valence-corrected chi connectivity index (χ1v) is 14.1. The third kappa shape index (κ3) is 13.9. The van der Waals surface area contributed by atoms with Crippen molar-refractivity contribution in [1.29, 1.82) is 0 Å². The van der Waals surface area contributed by atoms with Gasteiger partial charge in [0.25, 0.3) is 0 Å². The van der Waals surface area contributed by atoms with E-state index < -0.39 is 0 Å². The van der Waals surface area contributed by atoms with Crippen LogP contribution in [0.5, 0.6) is 5.75 Å². The van der Waals surface area contributed by atoms with Gasteiger partial charge in [0.15, 0.2) is 5.76 Å². The summed E-state index contributed by atoms with van der Waals surface area (Å²) in [6.07, 6.45) is 15.6. The molecule has 4 heterocycles. The molecule has 1 aliphatic rings. The summed E-state index contributed by atoms with van der Waals surface area (Å²) in [5.41, 5.74) is 4.96. The number of hydrogen-bond acceptors (Lipinski definition) is 9. The number of carbonyl (C=O) groups excluding carboxylic acids is 1. The van der Waals surface area contributed by atoms with Crippen molar-refractivity contribution in [3.05, 3.63) is 77.0 Å². The van der Waals surface area contributed by atoms with Crippen LogP contribution in [0.4, 0.5) is 5.13 Å². The van der Waals surface area contributed by atoms with Crippen molar-refractivity contribution in [2.75, 3.05) is 25.6 Å². The average molecular weight is 838 g/mol. The Morgan fingerprint density at radius 3 is 2.38 bits per heavy atom. The number of ether oxygens (including phenoxy) is 3. The van der Waals surface area contributed by atoms with E-state index >= 15 is 0 Å². The maximum absolute atomic E-state index is 12.6. The van der Waals surface area contributed by atoms with Crippen LogP contribution >= 0.6 is 22.9 Å². The Morgan fingerprint density at radius 1 is 1.14 bits per heavy atom. The number of hydrogen-bond donors (Lipinski definition) is 1. The number of anilines is 1. The van der Waals surface area contributed by atoms with Gasteiger partial charge in [-0.25, -0.2) is 10.1 Å². The first-order valence-electron chi connectivity index (χ1n) is 12.9. The molecule has 12 heteroatoms. The van der Waals surface area contributed by atoms with Gasteiger partial charge in [-0.3, -0.25) is 26.2 Å². The van der Waals surface area contributed by atoms with Crippen LogP contribution in [-0.4, -0.2) is 46.4 Å². The summed E-state index contributed by atoms with van der Waals surface area (Å²) in [6, 6.07) is 3.43. The maximum Gasteiger partial charge on any atom is 2.00 e. The van der Waals surface area contributed by atoms with Crippen molar-refractivity contribution in [2.45, 2.75) is 48.0 Å². The quantitative estimate of drug-likeness (QED) is 0.156. The van der Waals surface area contributed by atoms with E-state index in [1.165, 1.54) is 19.5 Å². The number of nitrogens with one attached hydrogen (secondary N) is 1. The molecule has 0 bridgehead atoms. The summed E-state index contributed by atoms with van der Waals surface area (Å²) in [5.74, 6) is 1.83. The fourth-order valence-corrected chi connectivity index (χ4v) is 3.55. The van der Waals surface area contributed by atoms with E-state index in [0.717, 1.165) is 35.0 Å². The second-order valence-corrected chi connectivity index (χ2v) is 8.20. The summed E-state index contributed by atoms with van der Waals surface area (Å²) in [6.45, 7) is 16.7. The summed E-state index contributed by atoms with van der Waals surface area (Å²) in [4.78, 5) is 20.8. The second-order valence-electron chi connectivity index (χ2n) is 7.04. The molecule has 0 saturated carbocycles. The average Bonchev–Trinajstić information content (AvgIpc) is 3.53. The Kier molecular flexibility index (Phi) is 24.2. The summed E-state index contributed by atoms with van der Waals surface area (Å²) >= 11 is 7.11. The first-order chi connectivity index (χ1) is 19.9. The number of allylic oxidation sites excluding steroid dienone is 3. The predicted molar refractivity (Wildman–Crippen MR) is 167 cm³/mol. The Bertz CT molecular complexity index is 1270. The molecule has 9 nitrogen and oxygen atoms in total. The van der Waals surface area contributed by atoms with Crippen LogP contribution in [-0.2, 0) is 9.47 Å². The SMILES string of the molecule is C#C.CC.CC.COc1cnc(Cl)cc1-c1cc(C)ncc1C(=O)Nc1nn[c-]s1.[CH2-]C/C=C\C1=C(C)OCCO1.[U+2]. The number of terminal acetylenes is 1. The minimum atomic E-state index is -0.363. The second kappa shape index (κ2) is 24.7. The molecule has 0 atom stereocenters. The molecule has 0 aliphatic carbocycles. The molecule has 0 spiro atoms. The molecule has 3 aromatic heterocycles. The number of methoxy groups -OCH3 is 1. The molecule has 1 amide bonds. The van der Waals surface area contributed by atoms with Crippen molar-refractivity contribution < 1.29 is 50.1 Å². The van der Waals surface area contributed by atoms with Crippen LogP contribution in [0.25, 0.3) is 11.1 Å². The van der Waals surface area contributed by atoms with Gasteiger partial charge in [-0.1, -0.05) is 44.8 Å². The van der Waals surface area contributed by atoms with Crippen molar-refractivity contribution in [3.63, 3.8) is 0 Å². The zero-order valence-electron chi connectivity index (χ0n) is 25.2. The van der Waals surface area contributed by atoms with Gasteiger partial charge in [-0.05, 0) is 32.1 Å². The topological polar surface area (TPSA) is 108 Å². The smallest absolute Gasteiger partial charge is 0.494 e. The normalized spacial score (nSPS) is 11.1. The number of aryl methyl sites for hydroxylation is 1. The standard InChI is InChI=1S/C15H11ClN5O2S.C9H13O2.2C2H6.C2H2.U/c1-8-3-9(10-4-13(16)18-6-12(10)23-2)11(5-17-8)14(22)20-15-21-19-7-24-15;1-3-4-5-9-8(2)10-6-7-11-9;3*1-2;/h3-6H,1-2H3,(H,20,21,22);4-5H,1,3,6-7H2,2H3;2*1-2H3;1-2H;/q2*-1;;;;+2/b;5-4-;;;;. The van der Waals surface area contributed by atoms with E-state index in [1.807, 2.05) is 53.7 Å². The first kappa shape index (κ1) is 41.2. The van der Waals surface area contributed by atoms with Crippen LogP contribution in [0, 0.1) is 63.3 Å². The van der Waals surface area contributed by atoms with Gasteiger partial charge in [-0.15, -0.1) is 18.9 Å². The zero-order chi connectivity index (χ0) is 31.2. The van der Waals surface area contributed by atoms with E-state index in [0.29, 0.717) is 45.9 Å². The van der Waals surface area contributed by atoms with E-state index in [1.54, 1.807) is 12.1 Å². The number of carbonyl (C=O) groups is 1. The van der Waals surface area contributed by atoms with Crippen molar-refractivity contribution in [3.8, 4) is 29.7 Å². The summed E-state index contributed by atoms with van der Waals surface area (Å²) < 4.78 is 15.9. The molecule has 224 valence electrons. The van der Waals surface area contributed by atoms with Crippen LogP contribution in [0.2, 0.25) is 5.15 Å². The van der Waals surface area contributed by atoms with Crippen molar-refractivity contribution in [2.24, 2.45) is 0 Å². The number of aromatic nitrogens is 4. The molecule has 0 radical (unpaired) electrons. The van der Waals surface area contributed by atoms with Gasteiger partial charge < -0.3 is 26.5 Å². The van der Waals surface area contributed by atoms with Gasteiger partial charge in [0.2, 0.25) is 5.91 Å². The van der Waals surface area contributed by atoms with Gasteiger partial charge >= 0.3 is 31.1 Å². The van der Waals surface area contributed by atoms with E-state index in [9.17, 15) is 4.79 Å². The van der Waals surface area contributed by atoms with E-state index in [2.05, 4.69) is 50.8 Å². The van der Waals surface area contributed by atoms with E-state index in [4.69, 9.17) is 25.8 Å². The monoisotopic (exact) mass is 837 g/mol. The zero-order valence-corrected chi connectivity index (χ0v) is 30.9. The van der Waals surface area contributed by atoms with Gasteiger partial charge in [-0.2, -0.15) is 6.42 Å². The van der Waals surface area contributed by atoms with Crippen molar-refractivity contribution >= 4 is 34.0 Å². The fourth-order valence-electron chi connectivity index (χ4n) is 2.99. The predicted octanol–water partition coefficient (Wildman–Crippen LogP) is 7.36. The minimum absolute atomic E-state index is 0. The molecule has 4 rings (SSSR count). The van der Waals surface area contributed by atoms with Crippen LogP contribution in [0.1, 0.15) is 57.1 Å². The Morgan fingerprint density at radius 2 is 1.81 bits per heavy atom. The number of amides is 1. The van der Waals surface area contributed by atoms with Crippen LogP contribution in [0.3, 0.4) is 0 Å². The minimum Gasteiger partial charge on any atom is -0.494 e. The molecule has 0 aromatic carbocycles. The number of pyridine rings is 2. The van der Waals surface area contributed by atoms with Crippen molar-refractivity contribution in [1.82, 2.24) is 20.2 Å². The molecule has 3 aromatic rings.